The van der Waals surface area contributed by atoms with Gasteiger partial charge in [-0.2, -0.15) is 0 Å². The standard InChI is InChI=1S/C15H24N2O3/c1-3-9-17-15(18)8-10-16-11-12-20-14-7-5-4-6-13(14)19-2/h4-7,16H,3,8-12H2,1-2H3,(H,17,18). The Morgan fingerprint density at radius 1 is 1.15 bits per heavy atom. The van der Waals surface area contributed by atoms with Crippen LogP contribution in [-0.2, 0) is 4.79 Å². The molecule has 1 aromatic carbocycles. The largest absolute Gasteiger partial charge is 0.493 e. The van der Waals surface area contributed by atoms with Crippen LogP contribution in [0.15, 0.2) is 24.3 Å². The lowest BCUT2D eigenvalue weighted by molar-refractivity contribution is -0.120. The molecular formula is C15H24N2O3. The molecule has 5 heteroatoms. The second kappa shape index (κ2) is 10.1. The number of ether oxygens (including phenoxy) is 2. The maximum atomic E-state index is 11.3. The van der Waals surface area contributed by atoms with Crippen LogP contribution in [0.2, 0.25) is 0 Å². The van der Waals surface area contributed by atoms with Crippen molar-refractivity contribution in [2.24, 2.45) is 0 Å². The molecule has 112 valence electrons. The summed E-state index contributed by atoms with van der Waals surface area (Å²) in [5.74, 6) is 1.55. The molecule has 0 heterocycles. The van der Waals surface area contributed by atoms with E-state index in [-0.39, 0.29) is 5.91 Å². The molecule has 0 aromatic heterocycles. The molecule has 0 radical (unpaired) electrons. The molecule has 0 bridgehead atoms. The number of methoxy groups -OCH3 is 1. The number of benzene rings is 1. The predicted molar refractivity (Wildman–Crippen MR) is 79.3 cm³/mol. The molecule has 1 rings (SSSR count). The van der Waals surface area contributed by atoms with Crippen molar-refractivity contribution in [2.75, 3.05) is 33.4 Å². The highest BCUT2D eigenvalue weighted by molar-refractivity contribution is 5.75. The first-order valence-corrected chi connectivity index (χ1v) is 7.01. The fraction of sp³-hybridized carbons (Fsp3) is 0.533. The average molecular weight is 280 g/mol. The molecule has 0 aliphatic rings. The maximum Gasteiger partial charge on any atom is 0.221 e. The zero-order valence-corrected chi connectivity index (χ0v) is 12.3. The molecule has 1 aromatic rings. The summed E-state index contributed by atoms with van der Waals surface area (Å²) in [6, 6.07) is 7.54. The van der Waals surface area contributed by atoms with Gasteiger partial charge in [-0.25, -0.2) is 0 Å². The molecule has 0 aliphatic heterocycles. The summed E-state index contributed by atoms with van der Waals surface area (Å²) in [5, 5.41) is 6.01. The third-order valence-electron chi connectivity index (χ3n) is 2.71. The van der Waals surface area contributed by atoms with Gasteiger partial charge < -0.3 is 20.1 Å². The minimum Gasteiger partial charge on any atom is -0.493 e. The zero-order chi connectivity index (χ0) is 14.6. The Kier molecular flexibility index (Phi) is 8.22. The van der Waals surface area contributed by atoms with Crippen molar-refractivity contribution in [3.8, 4) is 11.5 Å². The monoisotopic (exact) mass is 280 g/mol. The van der Waals surface area contributed by atoms with Crippen LogP contribution >= 0.6 is 0 Å². The van der Waals surface area contributed by atoms with Gasteiger partial charge in [-0.05, 0) is 18.6 Å². The van der Waals surface area contributed by atoms with Crippen molar-refractivity contribution in [1.82, 2.24) is 10.6 Å². The quantitative estimate of drug-likeness (QED) is 0.639. The predicted octanol–water partition coefficient (Wildman–Crippen LogP) is 1.58. The Hall–Kier alpha value is -1.75. The molecule has 0 saturated heterocycles. The van der Waals surface area contributed by atoms with E-state index in [1.54, 1.807) is 7.11 Å². The Bertz CT molecular complexity index is 396. The average Bonchev–Trinajstić information content (AvgIpc) is 2.49. The highest BCUT2D eigenvalue weighted by Crippen LogP contribution is 2.25. The van der Waals surface area contributed by atoms with Gasteiger partial charge in [0.15, 0.2) is 11.5 Å². The van der Waals surface area contributed by atoms with Crippen molar-refractivity contribution < 1.29 is 14.3 Å². The van der Waals surface area contributed by atoms with Gasteiger partial charge in [0, 0.05) is 26.1 Å². The van der Waals surface area contributed by atoms with E-state index in [2.05, 4.69) is 10.6 Å². The first-order valence-electron chi connectivity index (χ1n) is 7.01. The molecule has 0 spiro atoms. The van der Waals surface area contributed by atoms with Gasteiger partial charge in [0.05, 0.1) is 7.11 Å². The fourth-order valence-electron chi connectivity index (χ4n) is 1.65. The maximum absolute atomic E-state index is 11.3. The number of carbonyl (C=O) groups excluding carboxylic acids is 1. The van der Waals surface area contributed by atoms with Crippen LogP contribution in [0.4, 0.5) is 0 Å². The Morgan fingerprint density at radius 3 is 2.60 bits per heavy atom. The summed E-state index contributed by atoms with van der Waals surface area (Å²) in [6.45, 7) is 4.67. The van der Waals surface area contributed by atoms with Gasteiger partial charge in [0.25, 0.3) is 0 Å². The highest BCUT2D eigenvalue weighted by atomic mass is 16.5. The molecule has 1 amide bonds. The Morgan fingerprint density at radius 2 is 1.90 bits per heavy atom. The summed E-state index contributed by atoms with van der Waals surface area (Å²) < 4.78 is 10.8. The second-order valence-corrected chi connectivity index (χ2v) is 4.35. The van der Waals surface area contributed by atoms with Gasteiger partial charge in [0.1, 0.15) is 6.61 Å². The number of hydrogen-bond donors (Lipinski definition) is 2. The third-order valence-corrected chi connectivity index (χ3v) is 2.71. The number of para-hydroxylation sites is 2. The summed E-state index contributed by atoms with van der Waals surface area (Å²) in [5.41, 5.74) is 0. The molecule has 5 nitrogen and oxygen atoms in total. The highest BCUT2D eigenvalue weighted by Gasteiger charge is 2.02. The van der Waals surface area contributed by atoms with Gasteiger partial charge in [0.2, 0.25) is 5.91 Å². The van der Waals surface area contributed by atoms with Crippen molar-refractivity contribution in [3.05, 3.63) is 24.3 Å². The van der Waals surface area contributed by atoms with Gasteiger partial charge in [-0.15, -0.1) is 0 Å². The summed E-state index contributed by atoms with van der Waals surface area (Å²) in [4.78, 5) is 11.3. The normalized spacial score (nSPS) is 10.1. The van der Waals surface area contributed by atoms with E-state index in [9.17, 15) is 4.79 Å². The van der Waals surface area contributed by atoms with Crippen LogP contribution in [0.1, 0.15) is 19.8 Å². The number of rotatable bonds is 10. The minimum atomic E-state index is 0.0880. The number of nitrogens with one attached hydrogen (secondary N) is 2. The van der Waals surface area contributed by atoms with Crippen molar-refractivity contribution in [2.45, 2.75) is 19.8 Å². The lowest BCUT2D eigenvalue weighted by Gasteiger charge is -2.10. The van der Waals surface area contributed by atoms with E-state index >= 15 is 0 Å². The van der Waals surface area contributed by atoms with Crippen molar-refractivity contribution in [1.29, 1.82) is 0 Å². The van der Waals surface area contributed by atoms with E-state index in [1.165, 1.54) is 0 Å². The van der Waals surface area contributed by atoms with E-state index in [0.717, 1.165) is 24.5 Å². The molecular weight excluding hydrogens is 256 g/mol. The summed E-state index contributed by atoms with van der Waals surface area (Å²) in [6.07, 6.45) is 1.46. The van der Waals surface area contributed by atoms with Gasteiger partial charge in [-0.1, -0.05) is 19.1 Å². The first-order chi connectivity index (χ1) is 9.77. The lowest BCUT2D eigenvalue weighted by Crippen LogP contribution is -2.29. The number of amides is 1. The Balaban J connectivity index is 2.09. The Labute approximate surface area is 120 Å². The lowest BCUT2D eigenvalue weighted by atomic mass is 10.3. The topological polar surface area (TPSA) is 59.6 Å². The van der Waals surface area contributed by atoms with Crippen molar-refractivity contribution in [3.63, 3.8) is 0 Å². The SMILES string of the molecule is CCCNC(=O)CCNCCOc1ccccc1OC. The van der Waals surface area contributed by atoms with E-state index < -0.39 is 0 Å². The smallest absolute Gasteiger partial charge is 0.221 e. The van der Waals surface area contributed by atoms with Crippen LogP contribution in [0, 0.1) is 0 Å². The third kappa shape index (κ3) is 6.43. The molecule has 0 saturated carbocycles. The molecule has 2 N–H and O–H groups in total. The zero-order valence-electron chi connectivity index (χ0n) is 12.3. The van der Waals surface area contributed by atoms with Crippen LogP contribution in [0.5, 0.6) is 11.5 Å². The van der Waals surface area contributed by atoms with Crippen molar-refractivity contribution >= 4 is 5.91 Å². The summed E-state index contributed by atoms with van der Waals surface area (Å²) in [7, 11) is 1.62. The van der Waals surface area contributed by atoms with Gasteiger partial charge in [-0.3, -0.25) is 4.79 Å². The second-order valence-electron chi connectivity index (χ2n) is 4.35. The summed E-state index contributed by atoms with van der Waals surface area (Å²) >= 11 is 0. The van der Waals surface area contributed by atoms with E-state index in [1.807, 2.05) is 31.2 Å². The van der Waals surface area contributed by atoms with E-state index in [4.69, 9.17) is 9.47 Å². The van der Waals surface area contributed by atoms with Gasteiger partial charge >= 0.3 is 0 Å². The molecule has 0 atom stereocenters. The van der Waals surface area contributed by atoms with E-state index in [0.29, 0.717) is 26.1 Å². The minimum absolute atomic E-state index is 0.0880. The number of carbonyl (C=O) groups is 1. The molecule has 20 heavy (non-hydrogen) atoms. The number of hydrogen-bond acceptors (Lipinski definition) is 4. The van der Waals surface area contributed by atoms with Crippen LogP contribution < -0.4 is 20.1 Å². The van der Waals surface area contributed by atoms with Crippen LogP contribution in [-0.4, -0.2) is 39.3 Å². The van der Waals surface area contributed by atoms with Crippen LogP contribution in [0.25, 0.3) is 0 Å². The molecule has 0 aliphatic carbocycles. The molecule has 0 fully saturated rings. The molecule has 0 unspecified atom stereocenters. The fourth-order valence-corrected chi connectivity index (χ4v) is 1.65. The van der Waals surface area contributed by atoms with Crippen LogP contribution in [0.3, 0.4) is 0 Å². The first kappa shape index (κ1) is 16.3.